The molecule has 0 aromatic carbocycles. The Hall–Kier alpha value is -0.0400. The summed E-state index contributed by atoms with van der Waals surface area (Å²) in [5.74, 6) is 1.80. The maximum absolute atomic E-state index is 2.59. The molecule has 1 aliphatic rings. The minimum Gasteiger partial charge on any atom is -0.301 e. The van der Waals surface area contributed by atoms with Crippen LogP contribution in [0.1, 0.15) is 34.1 Å². The SMILES string of the molecule is CCN1CCC(C(C)C)C1C. The number of likely N-dealkylation sites (tertiary alicyclic amines) is 1. The molecule has 1 heterocycles. The molecule has 0 spiro atoms. The lowest BCUT2D eigenvalue weighted by Gasteiger charge is -2.25. The van der Waals surface area contributed by atoms with Crippen molar-refractivity contribution in [3.63, 3.8) is 0 Å². The van der Waals surface area contributed by atoms with Gasteiger partial charge in [0.25, 0.3) is 0 Å². The third-order valence-corrected chi connectivity index (χ3v) is 3.21. The van der Waals surface area contributed by atoms with E-state index in [9.17, 15) is 0 Å². The summed E-state index contributed by atoms with van der Waals surface area (Å²) < 4.78 is 0. The van der Waals surface area contributed by atoms with E-state index in [1.807, 2.05) is 0 Å². The minimum atomic E-state index is 0.819. The van der Waals surface area contributed by atoms with Crippen LogP contribution in [0, 0.1) is 11.8 Å². The smallest absolute Gasteiger partial charge is 0.00979 e. The average Bonchev–Trinajstić information content (AvgIpc) is 2.30. The van der Waals surface area contributed by atoms with Crippen LogP contribution >= 0.6 is 0 Å². The van der Waals surface area contributed by atoms with Gasteiger partial charge >= 0.3 is 0 Å². The summed E-state index contributed by atoms with van der Waals surface area (Å²) in [7, 11) is 0. The number of hydrogen-bond acceptors (Lipinski definition) is 1. The molecule has 0 bridgehead atoms. The third kappa shape index (κ3) is 1.76. The van der Waals surface area contributed by atoms with Crippen LogP contribution in [0.5, 0.6) is 0 Å². The average molecular weight is 155 g/mol. The van der Waals surface area contributed by atoms with Crippen LogP contribution in [0.4, 0.5) is 0 Å². The highest BCUT2D eigenvalue weighted by Gasteiger charge is 2.30. The summed E-state index contributed by atoms with van der Waals surface area (Å²) in [5.41, 5.74) is 0. The Balaban J connectivity index is 2.48. The standard InChI is InChI=1S/C10H21N/c1-5-11-7-6-10(8(2)3)9(11)4/h8-10H,5-7H2,1-4H3. The molecular weight excluding hydrogens is 134 g/mol. The van der Waals surface area contributed by atoms with Crippen molar-refractivity contribution in [2.75, 3.05) is 13.1 Å². The monoisotopic (exact) mass is 155 g/mol. The van der Waals surface area contributed by atoms with E-state index in [-0.39, 0.29) is 0 Å². The lowest BCUT2D eigenvalue weighted by Crippen LogP contribution is -2.31. The van der Waals surface area contributed by atoms with Crippen LogP contribution in [0.25, 0.3) is 0 Å². The second-order valence-electron chi connectivity index (χ2n) is 4.07. The first-order valence-electron chi connectivity index (χ1n) is 4.90. The highest BCUT2D eigenvalue weighted by Crippen LogP contribution is 2.29. The quantitative estimate of drug-likeness (QED) is 0.592. The van der Waals surface area contributed by atoms with Gasteiger partial charge in [0.05, 0.1) is 0 Å². The van der Waals surface area contributed by atoms with Gasteiger partial charge in [0.1, 0.15) is 0 Å². The molecule has 11 heavy (non-hydrogen) atoms. The van der Waals surface area contributed by atoms with Crippen molar-refractivity contribution in [2.45, 2.75) is 40.2 Å². The van der Waals surface area contributed by atoms with E-state index < -0.39 is 0 Å². The first-order chi connectivity index (χ1) is 5.16. The second-order valence-corrected chi connectivity index (χ2v) is 4.07. The molecule has 0 aliphatic carbocycles. The zero-order valence-corrected chi connectivity index (χ0v) is 8.30. The molecule has 0 amide bonds. The van der Waals surface area contributed by atoms with Crippen molar-refractivity contribution < 1.29 is 0 Å². The third-order valence-electron chi connectivity index (χ3n) is 3.21. The van der Waals surface area contributed by atoms with Crippen LogP contribution in [0.3, 0.4) is 0 Å². The van der Waals surface area contributed by atoms with Gasteiger partial charge in [-0.05, 0) is 38.3 Å². The van der Waals surface area contributed by atoms with Gasteiger partial charge < -0.3 is 4.90 Å². The van der Waals surface area contributed by atoms with Crippen molar-refractivity contribution in [3.8, 4) is 0 Å². The van der Waals surface area contributed by atoms with Gasteiger partial charge in [0.15, 0.2) is 0 Å². The van der Waals surface area contributed by atoms with Crippen LogP contribution < -0.4 is 0 Å². The first-order valence-corrected chi connectivity index (χ1v) is 4.90. The molecule has 1 aliphatic heterocycles. The summed E-state index contributed by atoms with van der Waals surface area (Å²) in [6.07, 6.45) is 1.41. The van der Waals surface area contributed by atoms with Gasteiger partial charge in [0, 0.05) is 6.04 Å². The fourth-order valence-electron chi connectivity index (χ4n) is 2.37. The van der Waals surface area contributed by atoms with E-state index in [4.69, 9.17) is 0 Å². The highest BCUT2D eigenvalue weighted by atomic mass is 15.2. The van der Waals surface area contributed by atoms with Crippen molar-refractivity contribution in [1.82, 2.24) is 4.90 Å². The normalized spacial score (nSPS) is 33.5. The molecule has 66 valence electrons. The molecule has 0 aromatic rings. The van der Waals surface area contributed by atoms with E-state index in [0.29, 0.717) is 0 Å². The Morgan fingerprint density at radius 1 is 1.45 bits per heavy atom. The predicted molar refractivity (Wildman–Crippen MR) is 49.7 cm³/mol. The molecule has 0 saturated carbocycles. The van der Waals surface area contributed by atoms with Gasteiger partial charge in [-0.3, -0.25) is 0 Å². The Labute approximate surface area is 70.8 Å². The van der Waals surface area contributed by atoms with E-state index >= 15 is 0 Å². The summed E-state index contributed by atoms with van der Waals surface area (Å²) >= 11 is 0. The predicted octanol–water partition coefficient (Wildman–Crippen LogP) is 2.37. The van der Waals surface area contributed by atoms with E-state index in [1.165, 1.54) is 19.5 Å². The number of nitrogens with zero attached hydrogens (tertiary/aromatic N) is 1. The number of rotatable bonds is 2. The molecule has 2 atom stereocenters. The summed E-state index contributed by atoms with van der Waals surface area (Å²) in [6, 6.07) is 0.819. The van der Waals surface area contributed by atoms with Crippen LogP contribution in [-0.2, 0) is 0 Å². The lowest BCUT2D eigenvalue weighted by molar-refractivity contribution is 0.227. The zero-order valence-electron chi connectivity index (χ0n) is 8.30. The fraction of sp³-hybridized carbons (Fsp3) is 1.00. The van der Waals surface area contributed by atoms with Gasteiger partial charge in [-0.2, -0.15) is 0 Å². The number of hydrogen-bond donors (Lipinski definition) is 0. The second kappa shape index (κ2) is 3.57. The van der Waals surface area contributed by atoms with Gasteiger partial charge in [0.2, 0.25) is 0 Å². The van der Waals surface area contributed by atoms with Crippen molar-refractivity contribution >= 4 is 0 Å². The molecule has 1 heteroatoms. The molecule has 1 rings (SSSR count). The highest BCUT2D eigenvalue weighted by molar-refractivity contribution is 4.84. The molecule has 1 saturated heterocycles. The molecule has 0 aromatic heterocycles. The molecule has 0 N–H and O–H groups in total. The topological polar surface area (TPSA) is 3.24 Å². The van der Waals surface area contributed by atoms with Gasteiger partial charge in [-0.15, -0.1) is 0 Å². The zero-order chi connectivity index (χ0) is 8.43. The van der Waals surface area contributed by atoms with Gasteiger partial charge in [-0.25, -0.2) is 0 Å². The Morgan fingerprint density at radius 3 is 2.36 bits per heavy atom. The fourth-order valence-corrected chi connectivity index (χ4v) is 2.37. The van der Waals surface area contributed by atoms with Crippen molar-refractivity contribution in [3.05, 3.63) is 0 Å². The van der Waals surface area contributed by atoms with Crippen molar-refractivity contribution in [2.24, 2.45) is 11.8 Å². The molecular formula is C10H21N. The lowest BCUT2D eigenvalue weighted by atomic mass is 9.90. The van der Waals surface area contributed by atoms with E-state index in [1.54, 1.807) is 0 Å². The van der Waals surface area contributed by atoms with Crippen LogP contribution in [0.15, 0.2) is 0 Å². The largest absolute Gasteiger partial charge is 0.301 e. The van der Waals surface area contributed by atoms with E-state index in [0.717, 1.165) is 17.9 Å². The molecule has 1 nitrogen and oxygen atoms in total. The van der Waals surface area contributed by atoms with Crippen LogP contribution in [-0.4, -0.2) is 24.0 Å². The Bertz CT molecular complexity index is 120. The maximum atomic E-state index is 2.59. The summed E-state index contributed by atoms with van der Waals surface area (Å²) in [5, 5.41) is 0. The Morgan fingerprint density at radius 2 is 2.09 bits per heavy atom. The molecule has 1 fully saturated rings. The summed E-state index contributed by atoms with van der Waals surface area (Å²) in [6.45, 7) is 11.9. The maximum Gasteiger partial charge on any atom is 0.00979 e. The minimum absolute atomic E-state index is 0.819. The van der Waals surface area contributed by atoms with E-state index in [2.05, 4.69) is 32.6 Å². The summed E-state index contributed by atoms with van der Waals surface area (Å²) in [4.78, 5) is 2.59. The first kappa shape index (κ1) is 9.05. The van der Waals surface area contributed by atoms with Gasteiger partial charge in [-0.1, -0.05) is 20.8 Å². The molecule has 0 radical (unpaired) electrons. The molecule has 2 unspecified atom stereocenters. The van der Waals surface area contributed by atoms with Crippen LogP contribution in [0.2, 0.25) is 0 Å². The Kier molecular flexibility index (Phi) is 2.94. The van der Waals surface area contributed by atoms with Crippen molar-refractivity contribution in [1.29, 1.82) is 0 Å².